The van der Waals surface area contributed by atoms with Gasteiger partial charge in [0, 0.05) is 5.69 Å². The van der Waals surface area contributed by atoms with Crippen molar-refractivity contribution in [2.75, 3.05) is 23.4 Å². The normalized spacial score (nSPS) is 11.3. The lowest BCUT2D eigenvalue weighted by molar-refractivity contribution is -0.113. The second kappa shape index (κ2) is 8.01. The molecule has 0 radical (unpaired) electrons. The molecular formula is C14H21NO4S. The summed E-state index contributed by atoms with van der Waals surface area (Å²) in [4.78, 5) is 11.6. The van der Waals surface area contributed by atoms with E-state index in [1.165, 1.54) is 5.56 Å². The third-order valence-electron chi connectivity index (χ3n) is 2.81. The summed E-state index contributed by atoms with van der Waals surface area (Å²) >= 11 is 0. The largest absolute Gasteiger partial charge is 0.395 e. The van der Waals surface area contributed by atoms with E-state index in [9.17, 15) is 13.2 Å². The van der Waals surface area contributed by atoms with Crippen LogP contribution in [0.4, 0.5) is 5.69 Å². The molecule has 5 nitrogen and oxygen atoms in total. The molecule has 0 saturated carbocycles. The summed E-state index contributed by atoms with van der Waals surface area (Å²) in [5, 5.41) is 11.1. The zero-order valence-electron chi connectivity index (χ0n) is 11.6. The van der Waals surface area contributed by atoms with Gasteiger partial charge in [0.05, 0.1) is 12.4 Å². The van der Waals surface area contributed by atoms with Crippen LogP contribution in [-0.4, -0.2) is 37.5 Å². The maximum Gasteiger partial charge on any atom is 0.239 e. The Morgan fingerprint density at radius 1 is 1.25 bits per heavy atom. The van der Waals surface area contributed by atoms with Gasteiger partial charge >= 0.3 is 0 Å². The summed E-state index contributed by atoms with van der Waals surface area (Å²) in [6, 6.07) is 7.38. The molecule has 0 fully saturated rings. The van der Waals surface area contributed by atoms with Crippen molar-refractivity contribution < 1.29 is 18.3 Å². The predicted octanol–water partition coefficient (Wildman–Crippen LogP) is 1.37. The Hall–Kier alpha value is -1.40. The van der Waals surface area contributed by atoms with Gasteiger partial charge in [-0.3, -0.25) is 4.79 Å². The maximum atomic E-state index is 11.6. The Morgan fingerprint density at radius 3 is 2.45 bits per heavy atom. The van der Waals surface area contributed by atoms with Gasteiger partial charge in [-0.2, -0.15) is 0 Å². The lowest BCUT2D eigenvalue weighted by atomic mass is 10.1. The fourth-order valence-electron chi connectivity index (χ4n) is 1.74. The van der Waals surface area contributed by atoms with E-state index in [4.69, 9.17) is 5.11 Å². The lowest BCUT2D eigenvalue weighted by Crippen LogP contribution is -2.25. The van der Waals surface area contributed by atoms with Crippen molar-refractivity contribution in [2.45, 2.75) is 26.2 Å². The summed E-state index contributed by atoms with van der Waals surface area (Å²) in [5.74, 6) is -1.58. The second-order valence-corrected chi connectivity index (χ2v) is 6.85. The average molecular weight is 299 g/mol. The first-order chi connectivity index (χ1) is 9.46. The van der Waals surface area contributed by atoms with Crippen molar-refractivity contribution in [3.05, 3.63) is 29.8 Å². The van der Waals surface area contributed by atoms with Gasteiger partial charge in [0.2, 0.25) is 5.91 Å². The van der Waals surface area contributed by atoms with E-state index in [0.29, 0.717) is 5.69 Å². The van der Waals surface area contributed by atoms with Gasteiger partial charge in [-0.05, 0) is 30.5 Å². The molecule has 0 aromatic heterocycles. The molecule has 1 rings (SSSR count). The van der Waals surface area contributed by atoms with Crippen molar-refractivity contribution in [3.63, 3.8) is 0 Å². The number of aliphatic hydroxyl groups is 1. The third kappa shape index (κ3) is 6.16. The van der Waals surface area contributed by atoms with Crippen molar-refractivity contribution in [1.29, 1.82) is 0 Å². The van der Waals surface area contributed by atoms with Gasteiger partial charge < -0.3 is 10.4 Å². The quantitative estimate of drug-likeness (QED) is 0.759. The van der Waals surface area contributed by atoms with E-state index < -0.39 is 33.9 Å². The van der Waals surface area contributed by atoms with Crippen LogP contribution in [0.1, 0.15) is 25.3 Å². The van der Waals surface area contributed by atoms with Crippen LogP contribution >= 0.6 is 0 Å². The Kier molecular flexibility index (Phi) is 6.67. The molecule has 0 unspecified atom stereocenters. The number of nitrogens with one attached hydrogen (secondary N) is 1. The average Bonchev–Trinajstić information content (AvgIpc) is 2.37. The van der Waals surface area contributed by atoms with Gasteiger partial charge in [-0.1, -0.05) is 25.5 Å². The SMILES string of the molecule is CCCCc1ccc(NC(=O)CS(=O)(=O)CCO)cc1. The topological polar surface area (TPSA) is 83.5 Å². The number of hydrogen-bond acceptors (Lipinski definition) is 4. The first-order valence-corrected chi connectivity index (χ1v) is 8.49. The van der Waals surface area contributed by atoms with E-state index in [2.05, 4.69) is 12.2 Å². The molecule has 2 N–H and O–H groups in total. The summed E-state index contributed by atoms with van der Waals surface area (Å²) in [5.41, 5.74) is 1.77. The summed E-state index contributed by atoms with van der Waals surface area (Å²) in [6.45, 7) is 1.66. The van der Waals surface area contributed by atoms with Gasteiger partial charge in [-0.15, -0.1) is 0 Å². The number of benzene rings is 1. The van der Waals surface area contributed by atoms with Crippen LogP contribution in [0.5, 0.6) is 0 Å². The first kappa shape index (κ1) is 16.7. The van der Waals surface area contributed by atoms with Crippen molar-refractivity contribution in [2.24, 2.45) is 0 Å². The molecule has 20 heavy (non-hydrogen) atoms. The molecule has 1 amide bonds. The molecule has 6 heteroatoms. The van der Waals surface area contributed by atoms with E-state index in [-0.39, 0.29) is 0 Å². The number of hydrogen-bond donors (Lipinski definition) is 2. The molecule has 0 saturated heterocycles. The second-order valence-electron chi connectivity index (χ2n) is 4.66. The first-order valence-electron chi connectivity index (χ1n) is 6.67. The zero-order chi connectivity index (χ0) is 15.0. The number of aliphatic hydroxyl groups excluding tert-OH is 1. The van der Waals surface area contributed by atoms with Crippen LogP contribution in [0.2, 0.25) is 0 Å². The highest BCUT2D eigenvalue weighted by atomic mass is 32.2. The minimum absolute atomic E-state index is 0.392. The minimum Gasteiger partial charge on any atom is -0.395 e. The van der Waals surface area contributed by atoms with Crippen LogP contribution in [0, 0.1) is 0 Å². The van der Waals surface area contributed by atoms with Gasteiger partial charge in [-0.25, -0.2) is 8.42 Å². The number of carbonyl (C=O) groups is 1. The standard InChI is InChI=1S/C14H21NO4S/c1-2-3-4-12-5-7-13(8-6-12)15-14(17)11-20(18,19)10-9-16/h5-8,16H,2-4,9-11H2,1H3,(H,15,17). The number of aryl methyl sites for hydroxylation is 1. The summed E-state index contributed by atoms with van der Waals surface area (Å²) < 4.78 is 22.8. The molecular weight excluding hydrogens is 278 g/mol. The van der Waals surface area contributed by atoms with E-state index in [1.807, 2.05) is 12.1 Å². The number of sulfone groups is 1. The third-order valence-corrected chi connectivity index (χ3v) is 4.32. The minimum atomic E-state index is -3.53. The Morgan fingerprint density at radius 2 is 1.90 bits per heavy atom. The van der Waals surface area contributed by atoms with Crippen molar-refractivity contribution in [3.8, 4) is 0 Å². The van der Waals surface area contributed by atoms with Crippen LogP contribution in [0.3, 0.4) is 0 Å². The molecule has 0 atom stereocenters. The predicted molar refractivity (Wildman–Crippen MR) is 79.4 cm³/mol. The number of unbranched alkanes of at least 4 members (excludes halogenated alkanes) is 1. The Balaban J connectivity index is 2.54. The number of anilines is 1. The highest BCUT2D eigenvalue weighted by Crippen LogP contribution is 2.12. The molecule has 0 aliphatic carbocycles. The maximum absolute atomic E-state index is 11.6. The zero-order valence-corrected chi connectivity index (χ0v) is 12.4. The van der Waals surface area contributed by atoms with Crippen molar-refractivity contribution in [1.82, 2.24) is 0 Å². The van der Waals surface area contributed by atoms with Crippen LogP contribution in [0.15, 0.2) is 24.3 Å². The van der Waals surface area contributed by atoms with E-state index >= 15 is 0 Å². The molecule has 0 spiro atoms. The fourth-order valence-corrected chi connectivity index (χ4v) is 2.64. The summed E-state index contributed by atoms with van der Waals surface area (Å²) in [6.07, 6.45) is 3.24. The van der Waals surface area contributed by atoms with Gasteiger partial charge in [0.1, 0.15) is 5.75 Å². The molecule has 0 bridgehead atoms. The fraction of sp³-hybridized carbons (Fsp3) is 0.500. The molecule has 1 aromatic rings. The highest BCUT2D eigenvalue weighted by Gasteiger charge is 2.15. The highest BCUT2D eigenvalue weighted by molar-refractivity contribution is 7.92. The Labute approximate surface area is 119 Å². The monoisotopic (exact) mass is 299 g/mol. The molecule has 0 aliphatic rings. The van der Waals surface area contributed by atoms with Gasteiger partial charge in [0.25, 0.3) is 0 Å². The molecule has 112 valence electrons. The van der Waals surface area contributed by atoms with E-state index in [0.717, 1.165) is 19.3 Å². The van der Waals surface area contributed by atoms with Gasteiger partial charge in [0.15, 0.2) is 9.84 Å². The van der Waals surface area contributed by atoms with Crippen LogP contribution in [0.25, 0.3) is 0 Å². The smallest absolute Gasteiger partial charge is 0.239 e. The molecule has 0 heterocycles. The lowest BCUT2D eigenvalue weighted by Gasteiger charge is -2.07. The number of amides is 1. The summed E-state index contributed by atoms with van der Waals surface area (Å²) in [7, 11) is -3.53. The van der Waals surface area contributed by atoms with Crippen LogP contribution in [-0.2, 0) is 21.1 Å². The Bertz CT molecular complexity index is 523. The van der Waals surface area contributed by atoms with E-state index in [1.54, 1.807) is 12.1 Å². The molecule has 1 aromatic carbocycles. The molecule has 0 aliphatic heterocycles. The number of carbonyl (C=O) groups excluding carboxylic acids is 1. The van der Waals surface area contributed by atoms with Crippen LogP contribution < -0.4 is 5.32 Å². The van der Waals surface area contributed by atoms with Crippen molar-refractivity contribution >= 4 is 21.4 Å². The number of rotatable bonds is 8.